The molecule has 0 saturated heterocycles. The second kappa shape index (κ2) is 10.6. The fourth-order valence-electron chi connectivity index (χ4n) is 6.20. The zero-order valence-electron chi connectivity index (χ0n) is 23.0. The monoisotopic (exact) mass is 543 g/mol. The van der Waals surface area contributed by atoms with Gasteiger partial charge in [0.25, 0.3) is 0 Å². The molecule has 0 aliphatic heterocycles. The summed E-state index contributed by atoms with van der Waals surface area (Å²) in [6.07, 6.45) is 18.2. The predicted octanol–water partition coefficient (Wildman–Crippen LogP) is 10.7. The summed E-state index contributed by atoms with van der Waals surface area (Å²) in [4.78, 5) is 2.71. The van der Waals surface area contributed by atoms with Crippen LogP contribution in [0, 0.1) is 12.3 Å². The average Bonchev–Trinajstić information content (AvgIpc) is 3.58. The van der Waals surface area contributed by atoms with Gasteiger partial charge < -0.3 is 4.57 Å². The van der Waals surface area contributed by atoms with E-state index in [1.54, 1.807) is 6.08 Å². The number of terminal acetylenes is 1. The molecule has 6 aromatic rings. The van der Waals surface area contributed by atoms with Crippen LogP contribution in [0.25, 0.3) is 60.0 Å². The molecular formula is C39H29NS. The van der Waals surface area contributed by atoms with Gasteiger partial charge >= 0.3 is 0 Å². The molecule has 0 saturated carbocycles. The van der Waals surface area contributed by atoms with Crippen molar-refractivity contribution in [2.45, 2.75) is 19.8 Å². The molecule has 1 aliphatic rings. The Morgan fingerprint density at radius 3 is 2.41 bits per heavy atom. The number of aromatic nitrogens is 1. The van der Waals surface area contributed by atoms with Crippen molar-refractivity contribution in [3.05, 3.63) is 138 Å². The standard InChI is InChI=1S/C39H29NS/c1-3-4-7-16-27(2)36-33(39-31-22-13-12-21-30(31)38(41-39)28-17-8-5-9-18-28)25-26-35-37(36)32-23-14-15-24-34(32)40(35)29-19-10-6-11-20-29/h1,4-12,14-21,23-26H,13,22H2,2H3/b7-4-,27-16+. The van der Waals surface area contributed by atoms with Crippen LogP contribution in [0.4, 0.5) is 0 Å². The molecule has 1 aliphatic carbocycles. The molecule has 0 radical (unpaired) electrons. The van der Waals surface area contributed by atoms with Crippen LogP contribution in [0.1, 0.15) is 30.0 Å². The van der Waals surface area contributed by atoms with E-state index in [1.165, 1.54) is 65.0 Å². The lowest BCUT2D eigenvalue weighted by Crippen LogP contribution is -1.96. The molecule has 0 fully saturated rings. The lowest BCUT2D eigenvalue weighted by Gasteiger charge is -2.15. The van der Waals surface area contributed by atoms with Gasteiger partial charge in [-0.15, -0.1) is 17.8 Å². The van der Waals surface area contributed by atoms with E-state index >= 15 is 0 Å². The minimum absolute atomic E-state index is 1.05. The van der Waals surface area contributed by atoms with Crippen molar-refractivity contribution in [3.8, 4) is 38.9 Å². The van der Waals surface area contributed by atoms with Gasteiger partial charge in [-0.1, -0.05) is 103 Å². The topological polar surface area (TPSA) is 4.93 Å². The molecule has 0 N–H and O–H groups in total. The normalized spacial score (nSPS) is 13.2. The zero-order chi connectivity index (χ0) is 27.8. The van der Waals surface area contributed by atoms with Crippen molar-refractivity contribution in [1.29, 1.82) is 0 Å². The second-order valence-corrected chi connectivity index (χ2v) is 11.4. The van der Waals surface area contributed by atoms with Gasteiger partial charge in [-0.3, -0.25) is 0 Å². The van der Waals surface area contributed by atoms with Crippen molar-refractivity contribution in [3.63, 3.8) is 0 Å². The molecule has 0 bridgehead atoms. The molecule has 4 aromatic carbocycles. The van der Waals surface area contributed by atoms with Gasteiger partial charge in [-0.2, -0.15) is 0 Å². The third kappa shape index (κ3) is 4.27. The van der Waals surface area contributed by atoms with E-state index in [9.17, 15) is 0 Å². The molecule has 7 rings (SSSR count). The van der Waals surface area contributed by atoms with E-state index in [2.05, 4.69) is 133 Å². The Kier molecular flexibility index (Phi) is 6.51. The molecule has 0 spiro atoms. The molecule has 2 heteroatoms. The third-order valence-corrected chi connectivity index (χ3v) is 9.29. The van der Waals surface area contributed by atoms with Gasteiger partial charge in [0.1, 0.15) is 0 Å². The van der Waals surface area contributed by atoms with Crippen LogP contribution in [-0.2, 0) is 6.42 Å². The minimum Gasteiger partial charge on any atom is -0.309 e. The van der Waals surface area contributed by atoms with Crippen molar-refractivity contribution in [1.82, 2.24) is 4.57 Å². The molecule has 0 amide bonds. The van der Waals surface area contributed by atoms with E-state index in [4.69, 9.17) is 6.42 Å². The van der Waals surface area contributed by atoms with E-state index in [1.807, 2.05) is 17.4 Å². The Morgan fingerprint density at radius 1 is 0.854 bits per heavy atom. The Morgan fingerprint density at radius 2 is 1.61 bits per heavy atom. The summed E-state index contributed by atoms with van der Waals surface area (Å²) in [5, 5.41) is 2.53. The Bertz CT molecular complexity index is 2040. The van der Waals surface area contributed by atoms with E-state index in [-0.39, 0.29) is 0 Å². The first-order chi connectivity index (χ1) is 20.3. The Hall–Kier alpha value is -4.84. The fourth-order valence-corrected chi connectivity index (χ4v) is 7.57. The number of hydrogen-bond acceptors (Lipinski definition) is 1. The molecule has 2 heterocycles. The molecule has 0 atom stereocenters. The maximum Gasteiger partial charge on any atom is 0.0547 e. The van der Waals surface area contributed by atoms with Gasteiger partial charge in [0.2, 0.25) is 0 Å². The van der Waals surface area contributed by atoms with Crippen LogP contribution in [0.5, 0.6) is 0 Å². The summed E-state index contributed by atoms with van der Waals surface area (Å²) in [5.74, 6) is 2.64. The summed E-state index contributed by atoms with van der Waals surface area (Å²) in [6, 6.07) is 34.9. The van der Waals surface area contributed by atoms with Crippen molar-refractivity contribution >= 4 is 44.8 Å². The van der Waals surface area contributed by atoms with Crippen LogP contribution in [0.15, 0.2) is 121 Å². The molecule has 2 aromatic heterocycles. The summed E-state index contributed by atoms with van der Waals surface area (Å²) < 4.78 is 2.39. The molecule has 41 heavy (non-hydrogen) atoms. The highest BCUT2D eigenvalue weighted by Crippen LogP contribution is 2.49. The van der Waals surface area contributed by atoms with Gasteiger partial charge in [0, 0.05) is 31.8 Å². The highest BCUT2D eigenvalue weighted by Gasteiger charge is 2.25. The number of nitrogens with zero attached hydrogens (tertiary/aromatic N) is 1. The lowest BCUT2D eigenvalue weighted by molar-refractivity contribution is 0.996. The quantitative estimate of drug-likeness (QED) is 0.151. The maximum atomic E-state index is 5.57. The van der Waals surface area contributed by atoms with Crippen LogP contribution in [-0.4, -0.2) is 4.57 Å². The molecular weight excluding hydrogens is 515 g/mol. The highest BCUT2D eigenvalue weighted by molar-refractivity contribution is 7.19. The SMILES string of the molecule is C#C/C=C\C=C(/C)c1c(-c2sc(-c3ccccc3)c3c2CCC=C3)ccc2c1c1ccccc1n2-c1ccccc1. The largest absolute Gasteiger partial charge is 0.309 e. The minimum atomic E-state index is 1.05. The third-order valence-electron chi connectivity index (χ3n) is 7.96. The highest BCUT2D eigenvalue weighted by atomic mass is 32.1. The number of thiophene rings is 1. The van der Waals surface area contributed by atoms with Crippen LogP contribution in [0.2, 0.25) is 0 Å². The first kappa shape index (κ1) is 25.1. The maximum absolute atomic E-state index is 5.57. The number of allylic oxidation sites excluding steroid dienone is 5. The van der Waals surface area contributed by atoms with Gasteiger partial charge in [0.05, 0.1) is 11.0 Å². The van der Waals surface area contributed by atoms with Crippen molar-refractivity contribution in [2.24, 2.45) is 0 Å². The number of rotatable bonds is 5. The molecule has 0 unspecified atom stereocenters. The summed E-state index contributed by atoms with van der Waals surface area (Å²) in [7, 11) is 0. The van der Waals surface area contributed by atoms with Crippen molar-refractivity contribution in [2.75, 3.05) is 0 Å². The zero-order valence-corrected chi connectivity index (χ0v) is 23.8. The Labute approximate surface area is 245 Å². The molecule has 196 valence electrons. The Balaban J connectivity index is 1.59. The second-order valence-electron chi connectivity index (χ2n) is 10.4. The summed E-state index contributed by atoms with van der Waals surface area (Å²) >= 11 is 1.92. The fraction of sp³-hybridized carbons (Fsp3) is 0.0769. The lowest BCUT2D eigenvalue weighted by atomic mass is 9.89. The average molecular weight is 544 g/mol. The van der Waals surface area contributed by atoms with Gasteiger partial charge in [-0.05, 0) is 77.9 Å². The number of benzene rings is 4. The van der Waals surface area contributed by atoms with Crippen molar-refractivity contribution < 1.29 is 0 Å². The van der Waals surface area contributed by atoms with Crippen LogP contribution >= 0.6 is 11.3 Å². The first-order valence-electron chi connectivity index (χ1n) is 14.1. The number of para-hydroxylation sites is 2. The number of hydrogen-bond donors (Lipinski definition) is 0. The first-order valence-corrected chi connectivity index (χ1v) is 14.9. The van der Waals surface area contributed by atoms with Crippen LogP contribution < -0.4 is 0 Å². The molecule has 1 nitrogen and oxygen atoms in total. The summed E-state index contributed by atoms with van der Waals surface area (Å²) in [5.41, 5.74) is 11.4. The summed E-state index contributed by atoms with van der Waals surface area (Å²) in [6.45, 7) is 2.21. The van der Waals surface area contributed by atoms with Gasteiger partial charge in [0.15, 0.2) is 0 Å². The van der Waals surface area contributed by atoms with E-state index in [0.717, 1.165) is 18.5 Å². The predicted molar refractivity (Wildman–Crippen MR) is 179 cm³/mol. The van der Waals surface area contributed by atoms with Crippen LogP contribution in [0.3, 0.4) is 0 Å². The van der Waals surface area contributed by atoms with E-state index in [0.29, 0.717) is 0 Å². The smallest absolute Gasteiger partial charge is 0.0547 e. The van der Waals surface area contributed by atoms with E-state index < -0.39 is 0 Å². The van der Waals surface area contributed by atoms with Gasteiger partial charge in [-0.25, -0.2) is 0 Å². The number of fused-ring (bicyclic) bond motifs is 4.